The molecule has 0 aromatic heterocycles. The fraction of sp³-hybridized carbons (Fsp3) is 0.714. The van der Waals surface area contributed by atoms with E-state index in [1.807, 2.05) is 5.57 Å². The lowest BCUT2D eigenvalue weighted by atomic mass is 9.70. The summed E-state index contributed by atoms with van der Waals surface area (Å²) in [7, 11) is 0. The second kappa shape index (κ2) is 5.72. The van der Waals surface area contributed by atoms with E-state index in [-0.39, 0.29) is 0 Å². The molecule has 5 aliphatic rings. The molecule has 2 saturated carbocycles. The third-order valence-corrected chi connectivity index (χ3v) is 6.94. The third kappa shape index (κ3) is 2.21. The van der Waals surface area contributed by atoms with Crippen LogP contribution in [-0.4, -0.2) is 12.6 Å². The quantitative estimate of drug-likeness (QED) is 0.691. The van der Waals surface area contributed by atoms with Gasteiger partial charge in [0.2, 0.25) is 0 Å². The van der Waals surface area contributed by atoms with E-state index in [2.05, 4.69) is 17.5 Å². The average molecular weight is 311 g/mol. The number of rotatable bonds is 0. The zero-order chi connectivity index (χ0) is 15.2. The summed E-state index contributed by atoms with van der Waals surface area (Å²) in [5, 5.41) is 3.98. The van der Waals surface area contributed by atoms with Crippen LogP contribution in [0.3, 0.4) is 0 Å². The number of allylic oxidation sites excluding steroid dienone is 2. The average Bonchev–Trinajstić information content (AvgIpc) is 2.78. The molecule has 0 amide bonds. The normalized spacial score (nSPS) is 39.3. The van der Waals surface area contributed by atoms with Gasteiger partial charge in [0.05, 0.1) is 0 Å². The first-order valence-corrected chi connectivity index (χ1v) is 9.98. The van der Waals surface area contributed by atoms with Crippen molar-refractivity contribution in [3.05, 3.63) is 34.8 Å². The molecule has 2 nitrogen and oxygen atoms in total. The summed E-state index contributed by atoms with van der Waals surface area (Å²) >= 11 is 0. The van der Waals surface area contributed by atoms with E-state index >= 15 is 0 Å². The number of nitrogens with one attached hydrogen (secondary N) is 1. The zero-order valence-corrected chi connectivity index (χ0v) is 14.2. The first-order valence-electron chi connectivity index (χ1n) is 9.98. The highest BCUT2D eigenvalue weighted by Gasteiger charge is 2.46. The largest absolute Gasteiger partial charge is 0.493 e. The van der Waals surface area contributed by atoms with Crippen LogP contribution in [0.4, 0.5) is 0 Å². The van der Waals surface area contributed by atoms with Crippen molar-refractivity contribution in [2.75, 3.05) is 6.61 Å². The molecule has 124 valence electrons. The standard InChI is InChI=1S/C21H29NO/c1-3-8-14-15(9-4-1)21-17(11-7-13-23-21)20-19(14)16-10-5-2-6-12-18(16)22-20/h7,11,14-16,18,22H,1-6,8-10,12-13H2. The van der Waals surface area contributed by atoms with Gasteiger partial charge in [-0.25, -0.2) is 0 Å². The number of ether oxygens (including phenoxy) is 1. The molecule has 0 saturated heterocycles. The number of hydrogen-bond acceptors (Lipinski definition) is 2. The highest BCUT2D eigenvalue weighted by atomic mass is 16.5. The van der Waals surface area contributed by atoms with Crippen LogP contribution in [0.1, 0.15) is 64.2 Å². The smallest absolute Gasteiger partial charge is 0.109 e. The Morgan fingerprint density at radius 1 is 0.826 bits per heavy atom. The van der Waals surface area contributed by atoms with Crippen molar-refractivity contribution in [2.45, 2.75) is 70.3 Å². The molecule has 23 heavy (non-hydrogen) atoms. The zero-order valence-electron chi connectivity index (χ0n) is 14.2. The van der Waals surface area contributed by atoms with Crippen LogP contribution in [0.15, 0.2) is 34.8 Å². The van der Waals surface area contributed by atoms with Crippen LogP contribution >= 0.6 is 0 Å². The molecule has 0 spiro atoms. The summed E-state index contributed by atoms with van der Waals surface area (Å²) in [6.07, 6.45) is 18.5. The summed E-state index contributed by atoms with van der Waals surface area (Å²) in [6.45, 7) is 0.775. The highest BCUT2D eigenvalue weighted by Crippen LogP contribution is 2.53. The molecule has 1 N–H and O–H groups in total. The van der Waals surface area contributed by atoms with Gasteiger partial charge in [0, 0.05) is 29.1 Å². The summed E-state index contributed by atoms with van der Waals surface area (Å²) < 4.78 is 6.21. The lowest BCUT2D eigenvalue weighted by Gasteiger charge is -2.37. The van der Waals surface area contributed by atoms with Gasteiger partial charge in [-0.2, -0.15) is 0 Å². The second-order valence-electron chi connectivity index (χ2n) is 8.17. The van der Waals surface area contributed by atoms with Gasteiger partial charge in [0.15, 0.2) is 0 Å². The van der Waals surface area contributed by atoms with Crippen molar-refractivity contribution in [1.82, 2.24) is 5.32 Å². The monoisotopic (exact) mass is 311 g/mol. The summed E-state index contributed by atoms with van der Waals surface area (Å²) in [5.74, 6) is 3.57. The van der Waals surface area contributed by atoms with Crippen LogP contribution in [0.25, 0.3) is 0 Å². The van der Waals surface area contributed by atoms with Gasteiger partial charge < -0.3 is 10.1 Å². The topological polar surface area (TPSA) is 21.3 Å². The molecule has 0 aromatic carbocycles. The Kier molecular flexibility index (Phi) is 3.53. The molecule has 4 atom stereocenters. The van der Waals surface area contributed by atoms with Crippen LogP contribution in [0.5, 0.6) is 0 Å². The van der Waals surface area contributed by atoms with Crippen LogP contribution in [0.2, 0.25) is 0 Å². The van der Waals surface area contributed by atoms with Crippen LogP contribution in [-0.2, 0) is 4.74 Å². The van der Waals surface area contributed by atoms with Gasteiger partial charge in [-0.1, -0.05) is 44.6 Å². The van der Waals surface area contributed by atoms with E-state index in [1.165, 1.54) is 81.2 Å². The first kappa shape index (κ1) is 14.2. The molecule has 0 radical (unpaired) electrons. The SMILES string of the molecule is C1=CC2=C(OC1)C1CCCCCC1C1=C2NC2CCCCCC12. The first-order chi connectivity index (χ1) is 11.4. The summed E-state index contributed by atoms with van der Waals surface area (Å²) in [6, 6.07) is 0.702. The minimum atomic E-state index is 0.667. The van der Waals surface area contributed by atoms with Crippen molar-refractivity contribution in [1.29, 1.82) is 0 Å². The van der Waals surface area contributed by atoms with E-state index in [4.69, 9.17) is 4.74 Å². The third-order valence-electron chi connectivity index (χ3n) is 6.94. The van der Waals surface area contributed by atoms with E-state index in [0.29, 0.717) is 12.0 Å². The van der Waals surface area contributed by atoms with E-state index in [0.717, 1.165) is 18.4 Å². The highest BCUT2D eigenvalue weighted by molar-refractivity contribution is 5.53. The van der Waals surface area contributed by atoms with E-state index < -0.39 is 0 Å². The van der Waals surface area contributed by atoms with Crippen LogP contribution in [0, 0.1) is 17.8 Å². The minimum Gasteiger partial charge on any atom is -0.493 e. The molecule has 2 heteroatoms. The van der Waals surface area contributed by atoms with Gasteiger partial charge in [-0.3, -0.25) is 0 Å². The predicted octanol–water partition coefficient (Wildman–Crippen LogP) is 4.84. The molecule has 0 bridgehead atoms. The van der Waals surface area contributed by atoms with Crippen molar-refractivity contribution >= 4 is 0 Å². The summed E-state index contributed by atoms with van der Waals surface area (Å²) in [5.41, 5.74) is 4.73. The van der Waals surface area contributed by atoms with Gasteiger partial charge in [0.1, 0.15) is 12.4 Å². The molecule has 0 aromatic rings. The van der Waals surface area contributed by atoms with Crippen molar-refractivity contribution < 1.29 is 4.74 Å². The molecule has 5 rings (SSSR count). The maximum absolute atomic E-state index is 6.21. The van der Waals surface area contributed by atoms with Gasteiger partial charge in [-0.15, -0.1) is 0 Å². The Balaban J connectivity index is 1.61. The molecule has 3 aliphatic carbocycles. The fourth-order valence-corrected chi connectivity index (χ4v) is 5.97. The molecule has 2 heterocycles. The van der Waals surface area contributed by atoms with Crippen LogP contribution < -0.4 is 5.32 Å². The fourth-order valence-electron chi connectivity index (χ4n) is 5.97. The molecule has 4 unspecified atom stereocenters. The Morgan fingerprint density at radius 2 is 1.57 bits per heavy atom. The summed E-state index contributed by atoms with van der Waals surface area (Å²) in [4.78, 5) is 0. The minimum absolute atomic E-state index is 0.667. The van der Waals surface area contributed by atoms with E-state index in [1.54, 1.807) is 0 Å². The molecule has 2 aliphatic heterocycles. The van der Waals surface area contributed by atoms with Gasteiger partial charge in [-0.05, 0) is 43.3 Å². The molecular weight excluding hydrogens is 282 g/mol. The second-order valence-corrected chi connectivity index (χ2v) is 8.17. The lowest BCUT2D eigenvalue weighted by molar-refractivity contribution is 0.166. The van der Waals surface area contributed by atoms with Crippen molar-refractivity contribution in [3.8, 4) is 0 Å². The van der Waals surface area contributed by atoms with Crippen molar-refractivity contribution in [3.63, 3.8) is 0 Å². The number of hydrogen-bond donors (Lipinski definition) is 1. The Bertz CT molecular complexity index is 585. The van der Waals surface area contributed by atoms with E-state index in [9.17, 15) is 0 Å². The van der Waals surface area contributed by atoms with Crippen molar-refractivity contribution in [2.24, 2.45) is 17.8 Å². The predicted molar refractivity (Wildman–Crippen MR) is 92.7 cm³/mol. The maximum Gasteiger partial charge on any atom is 0.109 e. The maximum atomic E-state index is 6.21. The van der Waals surface area contributed by atoms with Gasteiger partial charge >= 0.3 is 0 Å². The lowest BCUT2D eigenvalue weighted by Crippen LogP contribution is -2.29. The number of fused-ring (bicyclic) bond motifs is 6. The Morgan fingerprint density at radius 3 is 2.43 bits per heavy atom. The molecular formula is C21H29NO. The Hall–Kier alpha value is -1.18. The van der Waals surface area contributed by atoms with Gasteiger partial charge in [0.25, 0.3) is 0 Å². The Labute approximate surface area is 140 Å². The molecule has 2 fully saturated rings.